The van der Waals surface area contributed by atoms with Gasteiger partial charge in [-0.3, -0.25) is 10.9 Å². The molecule has 0 radical (unpaired) electrons. The third-order valence-corrected chi connectivity index (χ3v) is 8.06. The summed E-state index contributed by atoms with van der Waals surface area (Å²) in [6.45, 7) is 4.28. The van der Waals surface area contributed by atoms with Gasteiger partial charge in [0.25, 0.3) is 0 Å². The van der Waals surface area contributed by atoms with E-state index in [2.05, 4.69) is 65.5 Å². The lowest BCUT2D eigenvalue weighted by atomic mass is 10.1. The van der Waals surface area contributed by atoms with Crippen molar-refractivity contribution in [3.63, 3.8) is 0 Å². The molecule has 3 aromatic carbocycles. The molecule has 0 amide bonds. The molecule has 1 aliphatic rings. The number of thiazole rings is 1. The van der Waals surface area contributed by atoms with Gasteiger partial charge in [-0.05, 0) is 67.8 Å². The van der Waals surface area contributed by atoms with Crippen molar-refractivity contribution in [1.29, 1.82) is 0 Å². The maximum absolute atomic E-state index is 4.58. The van der Waals surface area contributed by atoms with Crippen molar-refractivity contribution in [2.75, 3.05) is 28.8 Å². The highest BCUT2D eigenvalue weighted by Crippen LogP contribution is 2.35. The summed E-state index contributed by atoms with van der Waals surface area (Å²) < 4.78 is 0. The summed E-state index contributed by atoms with van der Waals surface area (Å²) in [5.74, 6) is 0. The van der Waals surface area contributed by atoms with E-state index in [4.69, 9.17) is 0 Å². The van der Waals surface area contributed by atoms with Gasteiger partial charge in [0.15, 0.2) is 0 Å². The molecule has 1 saturated heterocycles. The standard InChI is InChI=1S/C28H26N8S2/c1-19-18-20(8-9-23(19)31-35-28-29-14-17-37-28)30-32-24-10-11-25(22-7-3-2-6-21(22)24)33-34-26-12-13-27(38-26)36-15-4-5-16-36/h2-3,6-14,17-18,33-34H,4-5,15-16H2,1H3/b32-30+,35-31+. The molecular weight excluding hydrogens is 512 g/mol. The first-order chi connectivity index (χ1) is 18.7. The average Bonchev–Trinajstić information content (AvgIpc) is 3.73. The summed E-state index contributed by atoms with van der Waals surface area (Å²) in [5, 5.41) is 24.6. The van der Waals surface area contributed by atoms with E-state index >= 15 is 0 Å². The normalized spacial score (nSPS) is 13.8. The molecule has 8 nitrogen and oxygen atoms in total. The van der Waals surface area contributed by atoms with Gasteiger partial charge >= 0.3 is 0 Å². The van der Waals surface area contributed by atoms with Crippen LogP contribution in [0.3, 0.4) is 0 Å². The first-order valence-corrected chi connectivity index (χ1v) is 14.1. The maximum atomic E-state index is 4.58. The number of azo groups is 2. The van der Waals surface area contributed by atoms with Crippen LogP contribution in [0.25, 0.3) is 10.8 Å². The number of hydrogen-bond donors (Lipinski definition) is 2. The number of rotatable bonds is 8. The zero-order chi connectivity index (χ0) is 25.7. The molecule has 0 atom stereocenters. The Hall–Kier alpha value is -4.15. The Morgan fingerprint density at radius 1 is 0.816 bits per heavy atom. The lowest BCUT2D eigenvalue weighted by molar-refractivity contribution is 0.949. The predicted molar refractivity (Wildman–Crippen MR) is 159 cm³/mol. The molecule has 0 bridgehead atoms. The number of hydrazine groups is 1. The fourth-order valence-electron chi connectivity index (χ4n) is 4.40. The maximum Gasteiger partial charge on any atom is 0.229 e. The smallest absolute Gasteiger partial charge is 0.229 e. The highest BCUT2D eigenvalue weighted by atomic mass is 32.1. The summed E-state index contributed by atoms with van der Waals surface area (Å²) >= 11 is 3.22. The van der Waals surface area contributed by atoms with Crippen molar-refractivity contribution in [3.8, 4) is 0 Å². The molecule has 5 aromatic rings. The van der Waals surface area contributed by atoms with E-state index in [9.17, 15) is 0 Å². The second-order valence-corrected chi connectivity index (χ2v) is 10.9. The molecule has 0 unspecified atom stereocenters. The van der Waals surface area contributed by atoms with Crippen LogP contribution < -0.4 is 15.8 Å². The molecule has 0 saturated carbocycles. The zero-order valence-corrected chi connectivity index (χ0v) is 22.5. The summed E-state index contributed by atoms with van der Waals surface area (Å²) in [5.41, 5.74) is 11.1. The Labute approximate surface area is 228 Å². The lowest BCUT2D eigenvalue weighted by Gasteiger charge is -2.14. The van der Waals surface area contributed by atoms with Gasteiger partial charge in [-0.25, -0.2) is 4.98 Å². The molecule has 6 rings (SSSR count). The molecule has 3 heterocycles. The van der Waals surface area contributed by atoms with E-state index < -0.39 is 0 Å². The second kappa shape index (κ2) is 11.1. The molecule has 190 valence electrons. The summed E-state index contributed by atoms with van der Waals surface area (Å²) in [6, 6.07) is 22.3. The number of aromatic nitrogens is 1. The number of anilines is 3. The fraction of sp³-hybridized carbons (Fsp3) is 0.179. The molecule has 0 spiro atoms. The Kier molecular flexibility index (Phi) is 7.05. The van der Waals surface area contributed by atoms with Crippen LogP contribution in [0, 0.1) is 6.92 Å². The molecule has 2 aromatic heterocycles. The minimum atomic E-state index is 0.635. The first-order valence-electron chi connectivity index (χ1n) is 12.5. The highest BCUT2D eigenvalue weighted by Gasteiger charge is 2.14. The van der Waals surface area contributed by atoms with E-state index in [1.54, 1.807) is 17.5 Å². The number of aryl methyl sites for hydroxylation is 1. The van der Waals surface area contributed by atoms with Gasteiger partial charge in [-0.2, -0.15) is 5.11 Å². The third kappa shape index (κ3) is 5.41. The van der Waals surface area contributed by atoms with Crippen molar-refractivity contribution in [2.45, 2.75) is 19.8 Å². The number of thiophene rings is 1. The minimum absolute atomic E-state index is 0.635. The molecule has 0 aliphatic carbocycles. The third-order valence-electron chi connectivity index (χ3n) is 6.35. The quantitative estimate of drug-likeness (QED) is 0.152. The molecule has 1 aliphatic heterocycles. The largest absolute Gasteiger partial charge is 0.363 e. The van der Waals surface area contributed by atoms with Crippen LogP contribution >= 0.6 is 22.7 Å². The van der Waals surface area contributed by atoms with Gasteiger partial charge in [-0.15, -0.1) is 26.7 Å². The van der Waals surface area contributed by atoms with Gasteiger partial charge in [-0.1, -0.05) is 35.6 Å². The van der Waals surface area contributed by atoms with Gasteiger partial charge in [0, 0.05) is 35.4 Å². The van der Waals surface area contributed by atoms with Crippen molar-refractivity contribution < 1.29 is 0 Å². The van der Waals surface area contributed by atoms with Gasteiger partial charge in [0.05, 0.1) is 27.8 Å². The Balaban J connectivity index is 1.18. The van der Waals surface area contributed by atoms with Gasteiger partial charge < -0.3 is 4.90 Å². The van der Waals surface area contributed by atoms with Gasteiger partial charge in [0.2, 0.25) is 5.13 Å². The summed E-state index contributed by atoms with van der Waals surface area (Å²) in [7, 11) is 0. The van der Waals surface area contributed by atoms with Crippen LogP contribution in [0.1, 0.15) is 18.4 Å². The molecular formula is C28H26N8S2. The fourth-order valence-corrected chi connectivity index (χ4v) is 5.76. The van der Waals surface area contributed by atoms with Crippen LogP contribution in [0.15, 0.2) is 98.8 Å². The van der Waals surface area contributed by atoms with Crippen LogP contribution in [0.2, 0.25) is 0 Å². The number of nitrogens with zero attached hydrogens (tertiary/aromatic N) is 6. The predicted octanol–water partition coefficient (Wildman–Crippen LogP) is 9.54. The topological polar surface area (TPSA) is 89.6 Å². The number of hydrogen-bond acceptors (Lipinski definition) is 10. The summed E-state index contributed by atoms with van der Waals surface area (Å²) in [4.78, 5) is 6.58. The Morgan fingerprint density at radius 2 is 1.63 bits per heavy atom. The van der Waals surface area contributed by atoms with Crippen LogP contribution in [0.5, 0.6) is 0 Å². The van der Waals surface area contributed by atoms with Crippen LogP contribution in [-0.2, 0) is 0 Å². The van der Waals surface area contributed by atoms with E-state index in [1.165, 1.54) is 29.2 Å². The average molecular weight is 539 g/mol. The number of fused-ring (bicyclic) bond motifs is 1. The Bertz CT molecular complexity index is 1600. The van der Waals surface area contributed by atoms with E-state index in [0.717, 1.165) is 57.2 Å². The van der Waals surface area contributed by atoms with E-state index in [1.807, 2.05) is 54.8 Å². The van der Waals surface area contributed by atoms with Crippen LogP contribution in [-0.4, -0.2) is 18.1 Å². The monoisotopic (exact) mass is 538 g/mol. The highest BCUT2D eigenvalue weighted by molar-refractivity contribution is 7.20. The van der Waals surface area contributed by atoms with Crippen molar-refractivity contribution in [2.24, 2.45) is 20.5 Å². The molecule has 2 N–H and O–H groups in total. The van der Waals surface area contributed by atoms with Crippen molar-refractivity contribution in [1.82, 2.24) is 4.98 Å². The Morgan fingerprint density at radius 3 is 2.45 bits per heavy atom. The number of nitrogens with one attached hydrogen (secondary N) is 2. The molecule has 38 heavy (non-hydrogen) atoms. The SMILES string of the molecule is Cc1cc(/N=N/c2ccc(NNc3ccc(N4CCCC4)s3)c3ccccc23)ccc1/N=N/c1nccs1. The van der Waals surface area contributed by atoms with Gasteiger partial charge in [0.1, 0.15) is 5.00 Å². The number of benzene rings is 3. The van der Waals surface area contributed by atoms with Crippen LogP contribution in [0.4, 0.5) is 37.9 Å². The molecule has 10 heteroatoms. The molecule has 1 fully saturated rings. The van der Waals surface area contributed by atoms with Crippen molar-refractivity contribution >= 4 is 71.3 Å². The van der Waals surface area contributed by atoms with Crippen molar-refractivity contribution in [3.05, 3.63) is 83.9 Å². The summed E-state index contributed by atoms with van der Waals surface area (Å²) in [6.07, 6.45) is 4.27. The lowest BCUT2D eigenvalue weighted by Crippen LogP contribution is -2.15. The van der Waals surface area contributed by atoms with E-state index in [0.29, 0.717) is 5.13 Å². The minimum Gasteiger partial charge on any atom is -0.363 e. The van der Waals surface area contributed by atoms with E-state index in [-0.39, 0.29) is 0 Å². The zero-order valence-electron chi connectivity index (χ0n) is 20.8. The second-order valence-electron chi connectivity index (χ2n) is 8.95. The first kappa shape index (κ1) is 24.2.